The van der Waals surface area contributed by atoms with Gasteiger partial charge in [-0.2, -0.15) is 0 Å². The standard InChI is InChI=1S/C25H31N5O2S/c1-27-20-7-5-4-6-19(20)23(26)30-14-15-32-25-22(30)13-12-21(29(25)2)24(31)28-16-17-8-10-18(33-3)11-9-17/h4-13,23,25,27H,14-16,26H2,1-3H3,(H,28,31). The van der Waals surface area contributed by atoms with Crippen molar-refractivity contribution in [3.63, 3.8) is 0 Å². The van der Waals surface area contributed by atoms with Crippen molar-refractivity contribution in [1.82, 2.24) is 15.1 Å². The number of benzene rings is 2. The summed E-state index contributed by atoms with van der Waals surface area (Å²) in [5, 5.41) is 6.24. The van der Waals surface area contributed by atoms with Crippen LogP contribution in [0.3, 0.4) is 0 Å². The summed E-state index contributed by atoms with van der Waals surface area (Å²) in [7, 11) is 3.78. The Bertz CT molecular complexity index is 1050. The van der Waals surface area contributed by atoms with Crippen molar-refractivity contribution in [1.29, 1.82) is 0 Å². The van der Waals surface area contributed by atoms with Gasteiger partial charge >= 0.3 is 0 Å². The summed E-state index contributed by atoms with van der Waals surface area (Å²) in [6.45, 7) is 1.67. The van der Waals surface area contributed by atoms with E-state index in [1.54, 1.807) is 11.8 Å². The molecule has 1 amide bonds. The number of rotatable bonds is 7. The molecule has 0 bridgehead atoms. The van der Waals surface area contributed by atoms with Gasteiger partial charge in [0.1, 0.15) is 11.9 Å². The highest BCUT2D eigenvalue weighted by atomic mass is 32.2. The Morgan fingerprint density at radius 3 is 2.70 bits per heavy atom. The molecule has 0 aromatic heterocycles. The fourth-order valence-electron chi connectivity index (χ4n) is 4.22. The second-order valence-electron chi connectivity index (χ2n) is 7.98. The van der Waals surface area contributed by atoms with Crippen molar-refractivity contribution >= 4 is 23.4 Å². The van der Waals surface area contributed by atoms with E-state index in [1.807, 2.05) is 73.8 Å². The number of nitrogens with zero attached hydrogens (tertiary/aromatic N) is 2. The van der Waals surface area contributed by atoms with Crippen molar-refractivity contribution in [2.45, 2.75) is 23.8 Å². The normalized spacial score (nSPS) is 18.7. The molecule has 33 heavy (non-hydrogen) atoms. The molecule has 2 aliphatic heterocycles. The number of nitrogens with one attached hydrogen (secondary N) is 2. The van der Waals surface area contributed by atoms with E-state index in [4.69, 9.17) is 10.5 Å². The molecule has 0 spiro atoms. The third-order valence-electron chi connectivity index (χ3n) is 6.07. The Morgan fingerprint density at radius 2 is 1.97 bits per heavy atom. The highest BCUT2D eigenvalue weighted by molar-refractivity contribution is 7.98. The van der Waals surface area contributed by atoms with E-state index in [-0.39, 0.29) is 18.3 Å². The number of amides is 1. The van der Waals surface area contributed by atoms with Crippen LogP contribution < -0.4 is 16.4 Å². The van der Waals surface area contributed by atoms with Crippen LogP contribution in [0.1, 0.15) is 17.3 Å². The molecular formula is C25H31N5O2S. The van der Waals surface area contributed by atoms with Crippen molar-refractivity contribution in [3.8, 4) is 0 Å². The predicted molar refractivity (Wildman–Crippen MR) is 133 cm³/mol. The zero-order valence-electron chi connectivity index (χ0n) is 19.2. The molecule has 7 nitrogen and oxygen atoms in total. The number of hydrogen-bond donors (Lipinski definition) is 3. The lowest BCUT2D eigenvalue weighted by atomic mass is 10.1. The number of fused-ring (bicyclic) bond motifs is 1. The van der Waals surface area contributed by atoms with Crippen LogP contribution in [0, 0.1) is 0 Å². The number of carbonyl (C=O) groups excluding carboxylic acids is 1. The molecule has 2 heterocycles. The monoisotopic (exact) mass is 465 g/mol. The maximum atomic E-state index is 12.9. The molecule has 1 saturated heterocycles. The second kappa shape index (κ2) is 10.3. The Hall–Kier alpha value is -2.94. The van der Waals surface area contributed by atoms with Gasteiger partial charge in [0.2, 0.25) is 0 Å². The number of morpholine rings is 1. The molecule has 2 atom stereocenters. The van der Waals surface area contributed by atoms with E-state index in [2.05, 4.69) is 27.7 Å². The van der Waals surface area contributed by atoms with Crippen molar-refractivity contribution in [2.75, 3.05) is 38.8 Å². The first-order valence-corrected chi connectivity index (χ1v) is 12.2. The third kappa shape index (κ3) is 4.88. The molecule has 2 aromatic carbocycles. The molecule has 4 N–H and O–H groups in total. The number of thioether (sulfide) groups is 1. The number of anilines is 1. The Labute approximate surface area is 199 Å². The molecule has 0 radical (unpaired) electrons. The lowest BCUT2D eigenvalue weighted by molar-refractivity contribution is -0.122. The van der Waals surface area contributed by atoms with Crippen LogP contribution in [0.4, 0.5) is 5.69 Å². The third-order valence-corrected chi connectivity index (χ3v) is 6.81. The summed E-state index contributed by atoms with van der Waals surface area (Å²) >= 11 is 1.70. The molecule has 2 aromatic rings. The molecule has 174 valence electrons. The molecular weight excluding hydrogens is 434 g/mol. The summed E-state index contributed by atoms with van der Waals surface area (Å²) in [4.78, 5) is 18.2. The average molecular weight is 466 g/mol. The van der Waals surface area contributed by atoms with Gasteiger partial charge in [-0.05, 0) is 42.2 Å². The van der Waals surface area contributed by atoms with Gasteiger partial charge in [-0.1, -0.05) is 30.3 Å². The van der Waals surface area contributed by atoms with E-state index in [9.17, 15) is 4.79 Å². The number of nitrogens with two attached hydrogens (primary N) is 1. The minimum Gasteiger partial charge on any atom is -0.388 e. The quantitative estimate of drug-likeness (QED) is 0.542. The summed E-state index contributed by atoms with van der Waals surface area (Å²) in [5.74, 6) is -0.132. The molecule has 2 unspecified atom stereocenters. The van der Waals surface area contributed by atoms with Gasteiger partial charge in [-0.3, -0.25) is 4.79 Å². The Balaban J connectivity index is 1.50. The first-order chi connectivity index (χ1) is 16.0. The van der Waals surface area contributed by atoms with Gasteiger partial charge < -0.3 is 30.9 Å². The van der Waals surface area contributed by atoms with E-state index >= 15 is 0 Å². The number of hydrogen-bond acceptors (Lipinski definition) is 7. The van der Waals surface area contributed by atoms with Crippen LogP contribution in [0.15, 0.2) is 77.0 Å². The SMILES string of the molecule is CNc1ccccc1C(N)N1CCOC2C1=CC=C(C(=O)NCc1ccc(SC)cc1)N2C. The summed E-state index contributed by atoms with van der Waals surface area (Å²) < 4.78 is 6.06. The number of likely N-dealkylation sites (N-methyl/N-ethyl adjacent to an activating group) is 1. The van der Waals surface area contributed by atoms with Crippen LogP contribution in [-0.4, -0.2) is 55.4 Å². The van der Waals surface area contributed by atoms with E-state index < -0.39 is 0 Å². The fourth-order valence-corrected chi connectivity index (χ4v) is 4.63. The van der Waals surface area contributed by atoms with Crippen LogP contribution in [0.25, 0.3) is 0 Å². The van der Waals surface area contributed by atoms with Crippen LogP contribution in [0.5, 0.6) is 0 Å². The van der Waals surface area contributed by atoms with Gasteiger partial charge in [0.05, 0.1) is 12.3 Å². The summed E-state index contributed by atoms with van der Waals surface area (Å²) in [6, 6.07) is 16.2. The first-order valence-electron chi connectivity index (χ1n) is 11.0. The number of carbonyl (C=O) groups is 1. The zero-order valence-corrected chi connectivity index (χ0v) is 20.1. The number of para-hydroxylation sites is 1. The lowest BCUT2D eigenvalue weighted by Gasteiger charge is -2.46. The smallest absolute Gasteiger partial charge is 0.267 e. The van der Waals surface area contributed by atoms with Crippen molar-refractivity contribution < 1.29 is 9.53 Å². The second-order valence-corrected chi connectivity index (χ2v) is 8.86. The Kier molecular flexibility index (Phi) is 7.27. The topological polar surface area (TPSA) is 82.9 Å². The van der Waals surface area contributed by atoms with Crippen molar-refractivity contribution in [3.05, 3.63) is 83.2 Å². The summed E-state index contributed by atoms with van der Waals surface area (Å²) in [6.07, 6.45) is 5.15. The molecule has 8 heteroatoms. The van der Waals surface area contributed by atoms with Crippen LogP contribution in [0.2, 0.25) is 0 Å². The highest BCUT2D eigenvalue weighted by Gasteiger charge is 2.36. The molecule has 4 rings (SSSR count). The minimum atomic E-state index is -0.363. The molecule has 0 saturated carbocycles. The highest BCUT2D eigenvalue weighted by Crippen LogP contribution is 2.33. The average Bonchev–Trinajstić information content (AvgIpc) is 2.87. The summed E-state index contributed by atoms with van der Waals surface area (Å²) in [5.41, 5.74) is 11.3. The maximum absolute atomic E-state index is 12.9. The largest absolute Gasteiger partial charge is 0.388 e. The lowest BCUT2D eigenvalue weighted by Crippen LogP contribution is -2.52. The number of ether oxygens (including phenoxy) is 1. The number of allylic oxidation sites excluding steroid dienone is 2. The van der Waals surface area contributed by atoms with Crippen LogP contribution >= 0.6 is 11.8 Å². The zero-order chi connectivity index (χ0) is 23.4. The van der Waals surface area contributed by atoms with Gasteiger partial charge in [-0.15, -0.1) is 11.8 Å². The molecule has 1 fully saturated rings. The van der Waals surface area contributed by atoms with E-state index in [1.165, 1.54) is 4.90 Å². The fraction of sp³-hybridized carbons (Fsp3) is 0.320. The predicted octanol–water partition coefficient (Wildman–Crippen LogP) is 3.10. The molecule has 2 aliphatic rings. The first kappa shape index (κ1) is 23.2. The van der Waals surface area contributed by atoms with Gasteiger partial charge in [0.15, 0.2) is 6.23 Å². The van der Waals surface area contributed by atoms with Gasteiger partial charge in [0.25, 0.3) is 5.91 Å². The minimum absolute atomic E-state index is 0.132. The van der Waals surface area contributed by atoms with Gasteiger partial charge in [0, 0.05) is 43.3 Å². The van der Waals surface area contributed by atoms with Crippen LogP contribution in [-0.2, 0) is 16.1 Å². The maximum Gasteiger partial charge on any atom is 0.267 e. The van der Waals surface area contributed by atoms with E-state index in [0.29, 0.717) is 25.4 Å². The van der Waals surface area contributed by atoms with Gasteiger partial charge in [-0.25, -0.2) is 0 Å². The molecule has 0 aliphatic carbocycles. The Morgan fingerprint density at radius 1 is 1.21 bits per heavy atom. The van der Waals surface area contributed by atoms with E-state index in [0.717, 1.165) is 22.5 Å². The van der Waals surface area contributed by atoms with Crippen molar-refractivity contribution in [2.24, 2.45) is 5.73 Å².